The molecule has 2 saturated carbocycles. The number of benzene rings is 1. The number of rotatable bonds is 6. The van der Waals surface area contributed by atoms with Gasteiger partial charge in [0.15, 0.2) is 5.82 Å². The van der Waals surface area contributed by atoms with Crippen molar-refractivity contribution in [3.8, 4) is 5.75 Å². The molecule has 0 unspecified atom stereocenters. The largest absolute Gasteiger partial charge is 0.495 e. The minimum absolute atomic E-state index is 0.137. The van der Waals surface area contributed by atoms with E-state index in [2.05, 4.69) is 20.6 Å². The van der Waals surface area contributed by atoms with Crippen LogP contribution < -0.4 is 25.2 Å². The molecule has 39 heavy (non-hydrogen) atoms. The molecular formula is C28H36F2N6O3. The van der Waals surface area contributed by atoms with E-state index < -0.39 is 18.4 Å². The van der Waals surface area contributed by atoms with Crippen molar-refractivity contribution in [2.24, 2.45) is 0 Å². The maximum atomic E-state index is 14.9. The second-order valence-corrected chi connectivity index (χ2v) is 10.7. The molecule has 2 amide bonds. The highest BCUT2D eigenvalue weighted by molar-refractivity contribution is 6.02. The van der Waals surface area contributed by atoms with E-state index in [9.17, 15) is 18.4 Å². The Morgan fingerprint density at radius 2 is 1.77 bits per heavy atom. The Hall–Kier alpha value is -3.50. The van der Waals surface area contributed by atoms with Gasteiger partial charge in [0.25, 0.3) is 11.8 Å². The topological polar surface area (TPSA) is 99.7 Å². The van der Waals surface area contributed by atoms with Crippen LogP contribution in [0.2, 0.25) is 0 Å². The van der Waals surface area contributed by atoms with E-state index in [0.717, 1.165) is 62.7 Å². The van der Waals surface area contributed by atoms with E-state index >= 15 is 0 Å². The summed E-state index contributed by atoms with van der Waals surface area (Å²) < 4.78 is 35.4. The first-order valence-electron chi connectivity index (χ1n) is 13.8. The monoisotopic (exact) mass is 542 g/mol. The number of nitrogens with one attached hydrogen (secondary N) is 2. The zero-order valence-electron chi connectivity index (χ0n) is 22.5. The van der Waals surface area contributed by atoms with Gasteiger partial charge in [-0.2, -0.15) is 13.8 Å². The van der Waals surface area contributed by atoms with Crippen molar-refractivity contribution in [1.82, 2.24) is 15.3 Å². The normalized spacial score (nSPS) is 20.3. The fourth-order valence-electron chi connectivity index (χ4n) is 5.85. The zero-order valence-corrected chi connectivity index (χ0v) is 22.5. The Kier molecular flexibility index (Phi) is 7.86. The van der Waals surface area contributed by atoms with Crippen molar-refractivity contribution in [3.63, 3.8) is 0 Å². The molecule has 2 aromatic rings. The summed E-state index contributed by atoms with van der Waals surface area (Å²) in [4.78, 5) is 36.9. The van der Waals surface area contributed by atoms with Crippen molar-refractivity contribution in [2.75, 3.05) is 35.8 Å². The predicted octanol–water partition coefficient (Wildman–Crippen LogP) is 5.04. The van der Waals surface area contributed by atoms with Gasteiger partial charge in [0, 0.05) is 24.7 Å². The number of hydrogen-bond donors (Lipinski definition) is 2. The van der Waals surface area contributed by atoms with E-state index in [-0.39, 0.29) is 29.6 Å². The van der Waals surface area contributed by atoms with Crippen LogP contribution in [0.4, 0.5) is 31.9 Å². The van der Waals surface area contributed by atoms with Gasteiger partial charge < -0.3 is 25.2 Å². The van der Waals surface area contributed by atoms with E-state index in [1.807, 2.05) is 0 Å². The van der Waals surface area contributed by atoms with Crippen LogP contribution in [0.25, 0.3) is 0 Å². The summed E-state index contributed by atoms with van der Waals surface area (Å²) in [7, 11) is 2.84. The Morgan fingerprint density at radius 1 is 1.08 bits per heavy atom. The molecule has 1 aliphatic heterocycles. The Balaban J connectivity index is 1.41. The number of hydrogen-bond acceptors (Lipinski definition) is 7. The van der Waals surface area contributed by atoms with Crippen molar-refractivity contribution >= 4 is 35.0 Å². The lowest BCUT2D eigenvalue weighted by atomic mass is 9.94. The summed E-state index contributed by atoms with van der Waals surface area (Å²) in [5.41, 5.74) is 1.26. The number of ether oxygens (including phenoxy) is 1. The van der Waals surface area contributed by atoms with Crippen LogP contribution >= 0.6 is 0 Å². The van der Waals surface area contributed by atoms with Gasteiger partial charge in [0.2, 0.25) is 5.95 Å². The van der Waals surface area contributed by atoms with E-state index in [0.29, 0.717) is 22.8 Å². The lowest BCUT2D eigenvalue weighted by Crippen LogP contribution is -2.49. The second kappa shape index (κ2) is 11.3. The van der Waals surface area contributed by atoms with Crippen LogP contribution in [0.5, 0.6) is 5.75 Å². The van der Waals surface area contributed by atoms with Gasteiger partial charge in [-0.05, 0) is 43.9 Å². The molecule has 0 spiro atoms. The van der Waals surface area contributed by atoms with Crippen LogP contribution in [0.3, 0.4) is 0 Å². The first-order valence-corrected chi connectivity index (χ1v) is 13.8. The number of aromatic nitrogens is 2. The Morgan fingerprint density at radius 3 is 2.46 bits per heavy atom. The summed E-state index contributed by atoms with van der Waals surface area (Å²) in [5, 5.41) is 6.22. The number of carbonyl (C=O) groups is 2. The summed E-state index contributed by atoms with van der Waals surface area (Å²) in [6.45, 7) is -0.724. The van der Waals surface area contributed by atoms with E-state index in [1.165, 1.54) is 26.8 Å². The maximum absolute atomic E-state index is 14.9. The molecule has 0 atom stereocenters. The number of nitrogens with zero attached hydrogens (tertiary/aromatic N) is 4. The van der Waals surface area contributed by atoms with Gasteiger partial charge in [-0.25, -0.2) is 4.98 Å². The molecule has 210 valence electrons. The van der Waals surface area contributed by atoms with Gasteiger partial charge in [-0.1, -0.05) is 38.5 Å². The second-order valence-electron chi connectivity index (χ2n) is 10.7. The molecule has 0 saturated heterocycles. The summed E-state index contributed by atoms with van der Waals surface area (Å²) >= 11 is 0. The van der Waals surface area contributed by atoms with Crippen LogP contribution in [-0.4, -0.2) is 60.5 Å². The Labute approximate surface area is 227 Å². The molecule has 3 aliphatic rings. The number of fused-ring (bicyclic) bond motifs is 1. The average Bonchev–Trinajstić information content (AvgIpc) is 3.03. The number of halogens is 2. The molecule has 9 nitrogen and oxygen atoms in total. The first-order chi connectivity index (χ1) is 18.8. The van der Waals surface area contributed by atoms with Crippen molar-refractivity contribution < 1.29 is 23.1 Å². The highest BCUT2D eigenvalue weighted by Crippen LogP contribution is 2.39. The van der Waals surface area contributed by atoms with Gasteiger partial charge in [0.1, 0.15) is 11.4 Å². The molecule has 0 bridgehead atoms. The highest BCUT2D eigenvalue weighted by Gasteiger charge is 2.48. The molecular weight excluding hydrogens is 506 g/mol. The van der Waals surface area contributed by atoms with Crippen LogP contribution in [0.1, 0.15) is 74.6 Å². The van der Waals surface area contributed by atoms with Gasteiger partial charge in [0.05, 0.1) is 25.5 Å². The lowest BCUT2D eigenvalue weighted by Gasteiger charge is -2.35. The van der Waals surface area contributed by atoms with Crippen LogP contribution in [0.15, 0.2) is 24.4 Å². The van der Waals surface area contributed by atoms with Crippen LogP contribution in [0, 0.1) is 0 Å². The third kappa shape index (κ3) is 5.77. The smallest absolute Gasteiger partial charge is 0.342 e. The molecule has 2 heterocycles. The van der Waals surface area contributed by atoms with Crippen molar-refractivity contribution in [3.05, 3.63) is 30.0 Å². The molecule has 0 radical (unpaired) electrons. The third-order valence-electron chi connectivity index (χ3n) is 8.04. The average molecular weight is 543 g/mol. The predicted molar refractivity (Wildman–Crippen MR) is 145 cm³/mol. The minimum atomic E-state index is -3.54. The number of carbonyl (C=O) groups excluding carboxylic acids is 2. The van der Waals surface area contributed by atoms with Crippen molar-refractivity contribution in [2.45, 2.75) is 82.2 Å². The van der Waals surface area contributed by atoms with E-state index in [1.54, 1.807) is 23.1 Å². The van der Waals surface area contributed by atoms with Crippen molar-refractivity contribution in [1.29, 1.82) is 0 Å². The lowest BCUT2D eigenvalue weighted by molar-refractivity contribution is -0.140. The quantitative estimate of drug-likeness (QED) is 0.528. The molecule has 1 aromatic heterocycles. The zero-order chi connectivity index (χ0) is 27.6. The molecule has 2 aliphatic carbocycles. The highest BCUT2D eigenvalue weighted by atomic mass is 19.3. The maximum Gasteiger partial charge on any atom is 0.342 e. The number of methoxy groups -OCH3 is 1. The fourth-order valence-corrected chi connectivity index (χ4v) is 5.85. The molecule has 2 fully saturated rings. The standard InChI is InChI=1S/C28H36F2N6O3/c1-35-22-16-31-27(34-24(22)36(17-28(29,30)26(35)38)20-11-7-4-8-12-20)33-21-14-13-18(15-23(21)39-2)25(37)32-19-9-5-3-6-10-19/h13-16,19-20H,3-12,17H2,1-2H3,(H,32,37)(H,31,33,34). The fraction of sp³-hybridized carbons (Fsp3) is 0.571. The molecule has 5 rings (SSSR count). The first kappa shape index (κ1) is 27.1. The SMILES string of the molecule is COc1cc(C(=O)NC2CCCCC2)ccc1Nc1ncc2c(n1)N(C1CCCCC1)CC(F)(F)C(=O)N2C. The third-order valence-corrected chi connectivity index (χ3v) is 8.04. The van der Waals surface area contributed by atoms with Gasteiger partial charge in [-0.3, -0.25) is 9.59 Å². The number of amides is 2. The molecule has 2 N–H and O–H groups in total. The van der Waals surface area contributed by atoms with Crippen LogP contribution in [-0.2, 0) is 4.79 Å². The minimum Gasteiger partial charge on any atom is -0.495 e. The summed E-state index contributed by atoms with van der Waals surface area (Å²) in [5.74, 6) is -4.06. The summed E-state index contributed by atoms with van der Waals surface area (Å²) in [6.07, 6.45) is 11.3. The number of alkyl halides is 2. The molecule has 11 heteroatoms. The Bertz CT molecular complexity index is 1210. The number of anilines is 4. The van der Waals surface area contributed by atoms with E-state index in [4.69, 9.17) is 4.74 Å². The molecule has 1 aromatic carbocycles. The van der Waals surface area contributed by atoms with Gasteiger partial charge >= 0.3 is 5.92 Å². The summed E-state index contributed by atoms with van der Waals surface area (Å²) in [6, 6.07) is 5.13. The van der Waals surface area contributed by atoms with Gasteiger partial charge in [-0.15, -0.1) is 0 Å².